The Labute approximate surface area is 197 Å². The van der Waals surface area contributed by atoms with Crippen LogP contribution in [0.3, 0.4) is 0 Å². The van der Waals surface area contributed by atoms with E-state index < -0.39 is 0 Å². The monoisotopic (exact) mass is 469 g/mol. The molecule has 2 aromatic carbocycles. The van der Waals surface area contributed by atoms with Gasteiger partial charge in [-0.3, -0.25) is 9.36 Å². The molecule has 0 unspecified atom stereocenters. The van der Waals surface area contributed by atoms with E-state index in [1.165, 1.54) is 11.8 Å². The summed E-state index contributed by atoms with van der Waals surface area (Å²) >= 11 is 1.35. The third kappa shape index (κ3) is 5.77. The molecule has 3 aromatic rings. The number of anilines is 2. The number of carbonyl (C=O) groups is 1. The Morgan fingerprint density at radius 2 is 1.88 bits per heavy atom. The predicted octanol–water partition coefficient (Wildman–Crippen LogP) is 2.91. The number of hydrogen-bond donors (Lipinski definition) is 1. The highest BCUT2D eigenvalue weighted by Gasteiger charge is 2.21. The largest absolute Gasteiger partial charge is 0.497 e. The van der Waals surface area contributed by atoms with Crippen LogP contribution in [0.4, 0.5) is 11.6 Å². The van der Waals surface area contributed by atoms with Crippen LogP contribution in [0.2, 0.25) is 0 Å². The molecule has 1 aliphatic rings. The molecule has 1 aliphatic heterocycles. The number of amides is 1. The second-order valence-electron chi connectivity index (χ2n) is 7.36. The summed E-state index contributed by atoms with van der Waals surface area (Å²) in [4.78, 5) is 14.9. The molecule has 1 aromatic heterocycles. The SMILES string of the molecule is COc1ccc(OC)c(NC(=O)CSc2nnc(N3CCOCC3)n2Cc2ccccc2)c1. The van der Waals surface area contributed by atoms with Gasteiger partial charge in [-0.2, -0.15) is 0 Å². The molecule has 9 nitrogen and oxygen atoms in total. The number of nitrogens with zero attached hydrogens (tertiary/aromatic N) is 4. The highest BCUT2D eigenvalue weighted by molar-refractivity contribution is 7.99. The van der Waals surface area contributed by atoms with E-state index in [1.54, 1.807) is 32.4 Å². The molecule has 1 saturated heterocycles. The van der Waals surface area contributed by atoms with E-state index in [0.29, 0.717) is 42.1 Å². The van der Waals surface area contributed by atoms with E-state index in [2.05, 4.69) is 37.1 Å². The molecule has 0 spiro atoms. The first kappa shape index (κ1) is 22.9. The zero-order valence-electron chi connectivity index (χ0n) is 18.7. The first-order chi connectivity index (χ1) is 16.2. The van der Waals surface area contributed by atoms with Crippen molar-refractivity contribution in [3.8, 4) is 11.5 Å². The van der Waals surface area contributed by atoms with Crippen LogP contribution in [0.15, 0.2) is 53.7 Å². The van der Waals surface area contributed by atoms with Crippen LogP contribution in [-0.2, 0) is 16.1 Å². The lowest BCUT2D eigenvalue weighted by Gasteiger charge is -2.28. The van der Waals surface area contributed by atoms with Gasteiger partial charge in [-0.1, -0.05) is 42.1 Å². The third-order valence-electron chi connectivity index (χ3n) is 5.19. The highest BCUT2D eigenvalue weighted by Crippen LogP contribution is 2.30. The van der Waals surface area contributed by atoms with Gasteiger partial charge in [-0.05, 0) is 17.7 Å². The zero-order valence-corrected chi connectivity index (χ0v) is 19.5. The van der Waals surface area contributed by atoms with Crippen molar-refractivity contribution in [3.05, 3.63) is 54.1 Å². The van der Waals surface area contributed by atoms with E-state index in [-0.39, 0.29) is 11.7 Å². The van der Waals surface area contributed by atoms with Gasteiger partial charge in [0, 0.05) is 19.2 Å². The van der Waals surface area contributed by atoms with Crippen molar-refractivity contribution in [1.82, 2.24) is 14.8 Å². The van der Waals surface area contributed by atoms with Crippen LogP contribution in [0, 0.1) is 0 Å². The smallest absolute Gasteiger partial charge is 0.234 e. The Morgan fingerprint density at radius 1 is 1.09 bits per heavy atom. The number of methoxy groups -OCH3 is 2. The number of hydrogen-bond acceptors (Lipinski definition) is 8. The predicted molar refractivity (Wildman–Crippen MR) is 127 cm³/mol. The lowest BCUT2D eigenvalue weighted by molar-refractivity contribution is -0.113. The number of thioether (sulfide) groups is 1. The van der Waals surface area contributed by atoms with Gasteiger partial charge in [0.05, 0.1) is 45.4 Å². The molecular formula is C23H27N5O4S. The Morgan fingerprint density at radius 3 is 2.61 bits per heavy atom. The molecule has 0 saturated carbocycles. The van der Waals surface area contributed by atoms with Gasteiger partial charge in [0.25, 0.3) is 0 Å². The summed E-state index contributed by atoms with van der Waals surface area (Å²) in [5.41, 5.74) is 1.70. The zero-order chi connectivity index (χ0) is 23.0. The molecule has 1 amide bonds. The minimum absolute atomic E-state index is 0.172. The molecule has 174 valence electrons. The lowest BCUT2D eigenvalue weighted by atomic mass is 10.2. The van der Waals surface area contributed by atoms with E-state index >= 15 is 0 Å². The van der Waals surface area contributed by atoms with Crippen LogP contribution in [0.5, 0.6) is 11.5 Å². The van der Waals surface area contributed by atoms with Crippen molar-refractivity contribution in [2.45, 2.75) is 11.7 Å². The maximum absolute atomic E-state index is 12.7. The first-order valence-corrected chi connectivity index (χ1v) is 11.6. The van der Waals surface area contributed by atoms with Gasteiger partial charge < -0.3 is 24.4 Å². The maximum Gasteiger partial charge on any atom is 0.234 e. The van der Waals surface area contributed by atoms with Gasteiger partial charge >= 0.3 is 0 Å². The fraction of sp³-hybridized carbons (Fsp3) is 0.348. The van der Waals surface area contributed by atoms with Gasteiger partial charge in [-0.15, -0.1) is 10.2 Å². The number of carbonyl (C=O) groups excluding carboxylic acids is 1. The van der Waals surface area contributed by atoms with Crippen molar-refractivity contribution in [2.24, 2.45) is 0 Å². The van der Waals surface area contributed by atoms with Crippen LogP contribution in [0.1, 0.15) is 5.56 Å². The number of aromatic nitrogens is 3. The Bertz CT molecular complexity index is 1070. The molecule has 10 heteroatoms. The maximum atomic E-state index is 12.7. The molecule has 0 atom stereocenters. The van der Waals surface area contributed by atoms with Crippen LogP contribution in [0.25, 0.3) is 0 Å². The number of morpholine rings is 1. The lowest BCUT2D eigenvalue weighted by Crippen LogP contribution is -2.38. The average molecular weight is 470 g/mol. The van der Waals surface area contributed by atoms with Crippen molar-refractivity contribution in [3.63, 3.8) is 0 Å². The van der Waals surface area contributed by atoms with E-state index in [4.69, 9.17) is 14.2 Å². The van der Waals surface area contributed by atoms with Crippen molar-refractivity contribution in [2.75, 3.05) is 56.5 Å². The van der Waals surface area contributed by atoms with Crippen LogP contribution in [-0.4, -0.2) is 66.9 Å². The molecule has 0 bridgehead atoms. The summed E-state index contributed by atoms with van der Waals surface area (Å²) in [6, 6.07) is 15.4. The van der Waals surface area contributed by atoms with Gasteiger partial charge in [0.1, 0.15) is 11.5 Å². The molecule has 0 radical (unpaired) electrons. The molecule has 1 fully saturated rings. The molecule has 0 aliphatic carbocycles. The van der Waals surface area contributed by atoms with Crippen molar-refractivity contribution >= 4 is 29.3 Å². The van der Waals surface area contributed by atoms with Gasteiger partial charge in [-0.25, -0.2) is 0 Å². The minimum atomic E-state index is -0.172. The Balaban J connectivity index is 1.49. The topological polar surface area (TPSA) is 90.7 Å². The summed E-state index contributed by atoms with van der Waals surface area (Å²) in [6.45, 7) is 3.45. The second-order valence-corrected chi connectivity index (χ2v) is 8.30. The Kier molecular flexibility index (Phi) is 7.69. The molecular weight excluding hydrogens is 442 g/mol. The van der Waals surface area contributed by atoms with Crippen LogP contribution >= 0.6 is 11.8 Å². The van der Waals surface area contributed by atoms with E-state index in [9.17, 15) is 4.79 Å². The molecule has 2 heterocycles. The number of benzene rings is 2. The fourth-order valence-electron chi connectivity index (χ4n) is 3.52. The molecule has 1 N–H and O–H groups in total. The van der Waals surface area contributed by atoms with Crippen LogP contribution < -0.4 is 19.7 Å². The second kappa shape index (κ2) is 11.1. The van der Waals surface area contributed by atoms with Crippen molar-refractivity contribution < 1.29 is 19.0 Å². The van der Waals surface area contributed by atoms with Gasteiger partial charge in [0.2, 0.25) is 11.9 Å². The first-order valence-electron chi connectivity index (χ1n) is 10.6. The quantitative estimate of drug-likeness (QED) is 0.479. The summed E-state index contributed by atoms with van der Waals surface area (Å²) in [7, 11) is 3.14. The molecule has 33 heavy (non-hydrogen) atoms. The highest BCUT2D eigenvalue weighted by atomic mass is 32.2. The summed E-state index contributed by atoms with van der Waals surface area (Å²) in [5, 5.41) is 12.4. The number of rotatable bonds is 9. The number of ether oxygens (including phenoxy) is 3. The molecule has 4 rings (SSSR count). The summed E-state index contributed by atoms with van der Waals surface area (Å²) in [5.74, 6) is 2.00. The van der Waals surface area contributed by atoms with Gasteiger partial charge in [0.15, 0.2) is 5.16 Å². The third-order valence-corrected chi connectivity index (χ3v) is 6.15. The van der Waals surface area contributed by atoms with Crippen molar-refractivity contribution in [1.29, 1.82) is 0 Å². The average Bonchev–Trinajstić information content (AvgIpc) is 3.26. The Hall–Kier alpha value is -3.24. The standard InChI is InChI=1S/C23H27N5O4S/c1-30-18-8-9-20(31-2)19(14-18)24-21(29)16-33-23-26-25-22(27-10-12-32-13-11-27)28(23)15-17-6-4-3-5-7-17/h3-9,14H,10-13,15-16H2,1-2H3,(H,24,29). The normalized spacial score (nSPS) is 13.6. The number of nitrogens with one attached hydrogen (secondary N) is 1. The fourth-order valence-corrected chi connectivity index (χ4v) is 4.25. The van der Waals surface area contributed by atoms with E-state index in [0.717, 1.165) is 24.6 Å². The minimum Gasteiger partial charge on any atom is -0.497 e. The summed E-state index contributed by atoms with van der Waals surface area (Å²) < 4.78 is 18.1. The summed E-state index contributed by atoms with van der Waals surface area (Å²) in [6.07, 6.45) is 0. The van der Waals surface area contributed by atoms with E-state index in [1.807, 2.05) is 18.2 Å².